The molecule has 0 saturated heterocycles. The molecule has 1 aromatic carbocycles. The van der Waals surface area contributed by atoms with E-state index < -0.39 is 0 Å². The fourth-order valence-electron chi connectivity index (χ4n) is 2.46. The molecule has 3 aromatic rings. The molecule has 0 aliphatic rings. The van der Waals surface area contributed by atoms with E-state index in [-0.39, 0.29) is 5.56 Å². The lowest BCUT2D eigenvalue weighted by Crippen LogP contribution is -2.17. The first kappa shape index (κ1) is 14.3. The van der Waals surface area contributed by atoms with Crippen molar-refractivity contribution in [3.05, 3.63) is 75.3 Å². The van der Waals surface area contributed by atoms with Gasteiger partial charge in [-0.3, -0.25) is 9.20 Å². The van der Waals surface area contributed by atoms with Gasteiger partial charge < -0.3 is 5.32 Å². The van der Waals surface area contributed by atoms with Gasteiger partial charge in [-0.1, -0.05) is 18.2 Å². The van der Waals surface area contributed by atoms with Gasteiger partial charge in [0.25, 0.3) is 5.56 Å². The van der Waals surface area contributed by atoms with Crippen LogP contribution >= 0.6 is 0 Å². The fraction of sp³-hybridized carbons (Fsp3) is 0.222. The number of hydrogen-bond donors (Lipinski definition) is 1. The third-order valence-corrected chi connectivity index (χ3v) is 3.71. The van der Waals surface area contributed by atoms with Gasteiger partial charge in [0.2, 0.25) is 0 Å². The monoisotopic (exact) mass is 293 g/mol. The predicted octanol–water partition coefficient (Wildman–Crippen LogP) is 3.23. The molecule has 1 N–H and O–H groups in total. The van der Waals surface area contributed by atoms with E-state index in [9.17, 15) is 4.79 Å². The molecule has 4 heteroatoms. The van der Waals surface area contributed by atoms with Crippen LogP contribution in [0.2, 0.25) is 0 Å². The molecule has 0 amide bonds. The van der Waals surface area contributed by atoms with Crippen molar-refractivity contribution in [1.29, 1.82) is 0 Å². The van der Waals surface area contributed by atoms with Gasteiger partial charge in [0.15, 0.2) is 0 Å². The summed E-state index contributed by atoms with van der Waals surface area (Å²) in [6.07, 6.45) is 1.81. The zero-order chi connectivity index (χ0) is 15.7. The minimum atomic E-state index is -0.0496. The van der Waals surface area contributed by atoms with E-state index in [1.54, 1.807) is 10.5 Å². The minimum absolute atomic E-state index is 0.0496. The lowest BCUT2D eigenvalue weighted by Gasteiger charge is -2.11. The quantitative estimate of drug-likeness (QED) is 0.806. The van der Waals surface area contributed by atoms with Crippen molar-refractivity contribution < 1.29 is 0 Å². The summed E-state index contributed by atoms with van der Waals surface area (Å²) in [5, 5.41) is 3.36. The summed E-state index contributed by atoms with van der Waals surface area (Å²) in [6, 6.07) is 11.7. The van der Waals surface area contributed by atoms with Crippen molar-refractivity contribution in [1.82, 2.24) is 9.38 Å². The van der Waals surface area contributed by atoms with Crippen LogP contribution in [0.25, 0.3) is 5.65 Å². The zero-order valence-electron chi connectivity index (χ0n) is 13.1. The zero-order valence-corrected chi connectivity index (χ0v) is 13.1. The Bertz CT molecular complexity index is 896. The Morgan fingerprint density at radius 1 is 1.05 bits per heavy atom. The summed E-state index contributed by atoms with van der Waals surface area (Å²) in [5.74, 6) is 0. The van der Waals surface area contributed by atoms with E-state index in [0.29, 0.717) is 12.2 Å². The molecule has 0 spiro atoms. The van der Waals surface area contributed by atoms with E-state index in [4.69, 9.17) is 0 Å². The number of benzene rings is 1. The van der Waals surface area contributed by atoms with Crippen LogP contribution < -0.4 is 10.9 Å². The number of aromatic nitrogens is 2. The normalized spacial score (nSPS) is 10.9. The van der Waals surface area contributed by atoms with E-state index in [1.807, 2.05) is 25.3 Å². The van der Waals surface area contributed by atoms with Crippen LogP contribution in [0, 0.1) is 20.8 Å². The summed E-state index contributed by atoms with van der Waals surface area (Å²) in [7, 11) is 0. The van der Waals surface area contributed by atoms with Gasteiger partial charge in [0.1, 0.15) is 5.65 Å². The SMILES string of the molecule is Cc1ccc(C)c(NCc2cc(=O)n3cc(C)ccc3n2)c1. The van der Waals surface area contributed by atoms with Crippen molar-refractivity contribution >= 4 is 11.3 Å². The number of anilines is 1. The molecule has 0 atom stereocenters. The van der Waals surface area contributed by atoms with Crippen LogP contribution in [0.1, 0.15) is 22.4 Å². The first-order chi connectivity index (χ1) is 10.5. The molecule has 2 aromatic heterocycles. The summed E-state index contributed by atoms with van der Waals surface area (Å²) >= 11 is 0. The lowest BCUT2D eigenvalue weighted by molar-refractivity contribution is 0.964. The van der Waals surface area contributed by atoms with Crippen molar-refractivity contribution in [2.45, 2.75) is 27.3 Å². The van der Waals surface area contributed by atoms with Gasteiger partial charge in [-0.2, -0.15) is 0 Å². The average molecular weight is 293 g/mol. The highest BCUT2D eigenvalue weighted by molar-refractivity contribution is 5.52. The number of hydrogen-bond acceptors (Lipinski definition) is 3. The Labute approximate surface area is 129 Å². The average Bonchev–Trinajstić information content (AvgIpc) is 2.49. The number of pyridine rings is 1. The maximum Gasteiger partial charge on any atom is 0.258 e. The third kappa shape index (κ3) is 2.86. The molecule has 0 radical (unpaired) electrons. The van der Waals surface area contributed by atoms with E-state index in [1.165, 1.54) is 11.1 Å². The standard InChI is InChI=1S/C18H19N3O/c1-12-4-6-14(3)16(8-12)19-10-15-9-18(22)21-11-13(2)5-7-17(21)20-15/h4-9,11,19H,10H2,1-3H3. The molecule has 22 heavy (non-hydrogen) atoms. The molecule has 0 unspecified atom stereocenters. The van der Waals surface area contributed by atoms with Gasteiger partial charge in [-0.25, -0.2) is 4.98 Å². The Balaban J connectivity index is 1.90. The van der Waals surface area contributed by atoms with E-state index in [0.717, 1.165) is 16.9 Å². The van der Waals surface area contributed by atoms with Crippen LogP contribution in [0.5, 0.6) is 0 Å². The van der Waals surface area contributed by atoms with Crippen molar-refractivity contribution in [2.24, 2.45) is 0 Å². The topological polar surface area (TPSA) is 46.4 Å². The number of nitrogens with zero attached hydrogens (tertiary/aromatic N) is 2. The second-order valence-corrected chi connectivity index (χ2v) is 5.69. The molecule has 0 bridgehead atoms. The summed E-state index contributed by atoms with van der Waals surface area (Å²) in [6.45, 7) is 6.62. The molecule has 0 aliphatic carbocycles. The Morgan fingerprint density at radius 3 is 2.64 bits per heavy atom. The summed E-state index contributed by atoms with van der Waals surface area (Å²) in [4.78, 5) is 16.7. The molecular formula is C18H19N3O. The van der Waals surface area contributed by atoms with Crippen LogP contribution in [0.3, 0.4) is 0 Å². The second kappa shape index (κ2) is 5.64. The number of aryl methyl sites for hydroxylation is 3. The highest BCUT2D eigenvalue weighted by Crippen LogP contribution is 2.17. The van der Waals surface area contributed by atoms with Crippen molar-refractivity contribution in [3.8, 4) is 0 Å². The number of fused-ring (bicyclic) bond motifs is 1. The first-order valence-corrected chi connectivity index (χ1v) is 7.33. The minimum Gasteiger partial charge on any atom is -0.379 e. The van der Waals surface area contributed by atoms with Crippen LogP contribution in [-0.2, 0) is 6.54 Å². The van der Waals surface area contributed by atoms with Crippen LogP contribution in [0.4, 0.5) is 5.69 Å². The van der Waals surface area contributed by atoms with Gasteiger partial charge in [0.05, 0.1) is 12.2 Å². The van der Waals surface area contributed by atoms with Gasteiger partial charge >= 0.3 is 0 Å². The van der Waals surface area contributed by atoms with Gasteiger partial charge in [-0.05, 0) is 49.6 Å². The molecule has 2 heterocycles. The largest absolute Gasteiger partial charge is 0.379 e. The van der Waals surface area contributed by atoms with Crippen molar-refractivity contribution in [2.75, 3.05) is 5.32 Å². The Morgan fingerprint density at radius 2 is 1.82 bits per heavy atom. The highest BCUT2D eigenvalue weighted by Gasteiger charge is 2.04. The molecule has 112 valence electrons. The molecule has 3 rings (SSSR count). The van der Waals surface area contributed by atoms with Crippen molar-refractivity contribution in [3.63, 3.8) is 0 Å². The van der Waals surface area contributed by atoms with E-state index >= 15 is 0 Å². The molecular weight excluding hydrogens is 274 g/mol. The Kier molecular flexibility index (Phi) is 3.67. The van der Waals surface area contributed by atoms with Gasteiger partial charge in [0, 0.05) is 18.0 Å². The van der Waals surface area contributed by atoms with Crippen LogP contribution in [-0.4, -0.2) is 9.38 Å². The maximum absolute atomic E-state index is 12.2. The molecule has 0 fully saturated rings. The van der Waals surface area contributed by atoms with Crippen LogP contribution in [0.15, 0.2) is 47.4 Å². The molecule has 0 aliphatic heterocycles. The lowest BCUT2D eigenvalue weighted by atomic mass is 10.1. The smallest absolute Gasteiger partial charge is 0.258 e. The molecule has 4 nitrogen and oxygen atoms in total. The maximum atomic E-state index is 12.2. The number of nitrogens with one attached hydrogen (secondary N) is 1. The second-order valence-electron chi connectivity index (χ2n) is 5.69. The fourth-order valence-corrected chi connectivity index (χ4v) is 2.46. The predicted molar refractivity (Wildman–Crippen MR) is 89.4 cm³/mol. The van der Waals surface area contributed by atoms with E-state index in [2.05, 4.69) is 42.3 Å². The van der Waals surface area contributed by atoms with Gasteiger partial charge in [-0.15, -0.1) is 0 Å². The summed E-state index contributed by atoms with van der Waals surface area (Å²) < 4.78 is 1.58. The highest BCUT2D eigenvalue weighted by atomic mass is 16.1. The summed E-state index contributed by atoms with van der Waals surface area (Å²) in [5.41, 5.74) is 5.87. The first-order valence-electron chi connectivity index (χ1n) is 7.33. The molecule has 0 saturated carbocycles. The Hall–Kier alpha value is -2.62. The number of rotatable bonds is 3. The third-order valence-electron chi connectivity index (χ3n) is 3.71.